The number of nitrogens with zero attached hydrogens (tertiary/aromatic N) is 2. The van der Waals surface area contributed by atoms with Crippen molar-refractivity contribution >= 4 is 26.6 Å². The molecule has 1 aliphatic heterocycles. The summed E-state index contributed by atoms with van der Waals surface area (Å²) in [6.07, 6.45) is 3.20. The number of rotatable bonds is 5. The van der Waals surface area contributed by atoms with Crippen molar-refractivity contribution < 1.29 is 13.3 Å². The number of nitro benzene ring substituents is 1. The third-order valence-electron chi connectivity index (χ3n) is 4.70. The molecule has 134 valence electrons. The lowest BCUT2D eigenvalue weighted by Gasteiger charge is -2.34. The van der Waals surface area contributed by atoms with Gasteiger partial charge >= 0.3 is 0 Å². The number of piperidine rings is 1. The summed E-state index contributed by atoms with van der Waals surface area (Å²) >= 11 is 0. The van der Waals surface area contributed by atoms with Gasteiger partial charge in [-0.1, -0.05) is 6.92 Å². The Kier molecular flexibility index (Phi) is 4.72. The van der Waals surface area contributed by atoms with Crippen LogP contribution in [0.3, 0.4) is 0 Å². The molecule has 0 unspecified atom stereocenters. The van der Waals surface area contributed by atoms with Crippen LogP contribution in [0.1, 0.15) is 19.8 Å². The second kappa shape index (κ2) is 6.66. The molecule has 2 aromatic rings. The lowest BCUT2D eigenvalue weighted by molar-refractivity contribution is -0.383. The standard InChI is InChI=1S/C16H20N4O4S/c1-16(6-9-17-10-7-16)11-19-25(23,24)14-5-4-13(20(21)22)12-3-2-8-18-15(12)14/h2-5,8,17,19H,6-7,9-11H2,1H3. The number of fused-ring (bicyclic) bond motifs is 1. The maximum absolute atomic E-state index is 12.8. The molecule has 1 aliphatic rings. The maximum Gasteiger partial charge on any atom is 0.278 e. The fourth-order valence-electron chi connectivity index (χ4n) is 3.06. The van der Waals surface area contributed by atoms with Gasteiger partial charge in [0.15, 0.2) is 0 Å². The van der Waals surface area contributed by atoms with Gasteiger partial charge in [0.25, 0.3) is 5.69 Å². The van der Waals surface area contributed by atoms with Crippen molar-refractivity contribution in [1.82, 2.24) is 15.0 Å². The molecule has 8 nitrogen and oxygen atoms in total. The van der Waals surface area contributed by atoms with Crippen LogP contribution in [0.2, 0.25) is 0 Å². The molecule has 2 N–H and O–H groups in total. The summed E-state index contributed by atoms with van der Waals surface area (Å²) in [4.78, 5) is 14.7. The Labute approximate surface area is 145 Å². The van der Waals surface area contributed by atoms with Crippen molar-refractivity contribution in [2.75, 3.05) is 19.6 Å². The molecule has 9 heteroatoms. The van der Waals surface area contributed by atoms with E-state index in [1.54, 1.807) is 6.07 Å². The lowest BCUT2D eigenvalue weighted by atomic mass is 9.81. The van der Waals surface area contributed by atoms with E-state index in [2.05, 4.69) is 21.9 Å². The van der Waals surface area contributed by atoms with Crippen LogP contribution in [-0.2, 0) is 10.0 Å². The van der Waals surface area contributed by atoms with Crippen LogP contribution < -0.4 is 10.0 Å². The van der Waals surface area contributed by atoms with Crippen LogP contribution in [0.25, 0.3) is 10.9 Å². The van der Waals surface area contributed by atoms with Gasteiger partial charge < -0.3 is 5.32 Å². The molecule has 0 atom stereocenters. The Morgan fingerprint density at radius 2 is 2.04 bits per heavy atom. The smallest absolute Gasteiger partial charge is 0.278 e. The summed E-state index contributed by atoms with van der Waals surface area (Å²) in [6.45, 7) is 4.10. The molecule has 0 amide bonds. The third kappa shape index (κ3) is 3.63. The van der Waals surface area contributed by atoms with Crippen LogP contribution in [0.4, 0.5) is 5.69 Å². The Balaban J connectivity index is 1.95. The minimum atomic E-state index is -3.82. The number of aromatic nitrogens is 1. The number of nitro groups is 1. The molecule has 0 spiro atoms. The lowest BCUT2D eigenvalue weighted by Crippen LogP contribution is -2.42. The summed E-state index contributed by atoms with van der Waals surface area (Å²) in [5.41, 5.74) is -0.158. The van der Waals surface area contributed by atoms with Gasteiger partial charge in [-0.15, -0.1) is 0 Å². The van der Waals surface area contributed by atoms with E-state index < -0.39 is 14.9 Å². The van der Waals surface area contributed by atoms with E-state index >= 15 is 0 Å². The summed E-state index contributed by atoms with van der Waals surface area (Å²) in [6, 6.07) is 5.52. The van der Waals surface area contributed by atoms with Crippen LogP contribution in [0.5, 0.6) is 0 Å². The van der Waals surface area contributed by atoms with E-state index in [9.17, 15) is 18.5 Å². The highest BCUT2D eigenvalue weighted by atomic mass is 32.2. The second-order valence-corrected chi connectivity index (χ2v) is 8.36. The van der Waals surface area contributed by atoms with Crippen LogP contribution in [-0.4, -0.2) is 38.0 Å². The molecule has 3 rings (SSSR count). The molecule has 2 heterocycles. The number of benzene rings is 1. The average molecular weight is 364 g/mol. The van der Waals surface area contributed by atoms with Gasteiger partial charge in [0.05, 0.1) is 15.8 Å². The highest BCUT2D eigenvalue weighted by Gasteiger charge is 2.30. The summed E-state index contributed by atoms with van der Waals surface area (Å²) in [7, 11) is -3.82. The molecular weight excluding hydrogens is 344 g/mol. The topological polar surface area (TPSA) is 114 Å². The number of nitrogens with one attached hydrogen (secondary N) is 2. The monoisotopic (exact) mass is 364 g/mol. The van der Waals surface area contributed by atoms with Gasteiger partial charge in [-0.05, 0) is 49.5 Å². The van der Waals surface area contributed by atoms with E-state index in [1.165, 1.54) is 24.4 Å². The van der Waals surface area contributed by atoms with E-state index in [1.807, 2.05) is 0 Å². The number of pyridine rings is 1. The molecule has 1 fully saturated rings. The quantitative estimate of drug-likeness (QED) is 0.618. The van der Waals surface area contributed by atoms with Gasteiger partial charge in [-0.2, -0.15) is 0 Å². The van der Waals surface area contributed by atoms with E-state index in [0.29, 0.717) is 6.54 Å². The first kappa shape index (κ1) is 17.7. The zero-order valence-corrected chi connectivity index (χ0v) is 14.7. The SMILES string of the molecule is CC1(CNS(=O)(=O)c2ccc([N+](=O)[O-])c3cccnc23)CCNCC1. The van der Waals surface area contributed by atoms with Crippen LogP contribution in [0, 0.1) is 15.5 Å². The molecule has 0 bridgehead atoms. The van der Waals surface area contributed by atoms with Gasteiger partial charge in [-0.25, -0.2) is 13.1 Å². The number of non-ortho nitro benzene ring substituents is 1. The second-order valence-electron chi connectivity index (χ2n) is 6.62. The van der Waals surface area contributed by atoms with Crippen molar-refractivity contribution in [1.29, 1.82) is 0 Å². The van der Waals surface area contributed by atoms with Gasteiger partial charge in [0, 0.05) is 18.8 Å². The largest absolute Gasteiger partial charge is 0.317 e. The van der Waals surface area contributed by atoms with Crippen LogP contribution >= 0.6 is 0 Å². The summed E-state index contributed by atoms with van der Waals surface area (Å²) < 4.78 is 28.2. The number of hydrogen-bond acceptors (Lipinski definition) is 6. The summed E-state index contributed by atoms with van der Waals surface area (Å²) in [5.74, 6) is 0. The Morgan fingerprint density at radius 3 is 2.72 bits per heavy atom. The first-order valence-corrected chi connectivity index (χ1v) is 9.53. The van der Waals surface area contributed by atoms with Gasteiger partial charge in [0.1, 0.15) is 4.90 Å². The Hall–Kier alpha value is -2.10. The van der Waals surface area contributed by atoms with Gasteiger partial charge in [-0.3, -0.25) is 15.1 Å². The zero-order chi connectivity index (χ0) is 18.1. The molecule has 0 saturated carbocycles. The predicted octanol–water partition coefficient (Wildman–Crippen LogP) is 1.81. The fraction of sp³-hybridized carbons (Fsp3) is 0.438. The molecule has 1 aromatic heterocycles. The van der Waals surface area contributed by atoms with Crippen molar-refractivity contribution in [3.63, 3.8) is 0 Å². The first-order valence-electron chi connectivity index (χ1n) is 8.05. The zero-order valence-electron chi connectivity index (χ0n) is 13.9. The molecular formula is C16H20N4O4S. The molecule has 25 heavy (non-hydrogen) atoms. The summed E-state index contributed by atoms with van der Waals surface area (Å²) in [5, 5.41) is 14.6. The van der Waals surface area contributed by atoms with Crippen LogP contribution in [0.15, 0.2) is 35.4 Å². The normalized spacial score (nSPS) is 17.5. The highest BCUT2D eigenvalue weighted by molar-refractivity contribution is 7.89. The Morgan fingerprint density at radius 1 is 1.32 bits per heavy atom. The highest BCUT2D eigenvalue weighted by Crippen LogP contribution is 2.31. The predicted molar refractivity (Wildman–Crippen MR) is 93.8 cm³/mol. The minimum Gasteiger partial charge on any atom is -0.317 e. The van der Waals surface area contributed by atoms with Crippen molar-refractivity contribution in [2.45, 2.75) is 24.7 Å². The molecule has 0 aliphatic carbocycles. The first-order chi connectivity index (χ1) is 11.8. The van der Waals surface area contributed by atoms with Crippen molar-refractivity contribution in [3.8, 4) is 0 Å². The van der Waals surface area contributed by atoms with E-state index in [-0.39, 0.29) is 26.9 Å². The number of sulfonamides is 1. The molecule has 1 saturated heterocycles. The minimum absolute atomic E-state index is 0.0359. The average Bonchev–Trinajstić information content (AvgIpc) is 2.60. The maximum atomic E-state index is 12.8. The van der Waals surface area contributed by atoms with E-state index in [0.717, 1.165) is 25.9 Å². The van der Waals surface area contributed by atoms with Gasteiger partial charge in [0.2, 0.25) is 10.0 Å². The van der Waals surface area contributed by atoms with Crippen molar-refractivity contribution in [2.24, 2.45) is 5.41 Å². The molecule has 0 radical (unpaired) electrons. The third-order valence-corrected chi connectivity index (χ3v) is 6.13. The Bertz CT molecular complexity index is 907. The van der Waals surface area contributed by atoms with Crippen molar-refractivity contribution in [3.05, 3.63) is 40.6 Å². The molecule has 1 aromatic carbocycles. The van der Waals surface area contributed by atoms with E-state index in [4.69, 9.17) is 0 Å². The number of hydrogen-bond donors (Lipinski definition) is 2. The fourth-order valence-corrected chi connectivity index (χ4v) is 4.42.